The van der Waals surface area contributed by atoms with Crippen molar-refractivity contribution in [2.75, 3.05) is 30.9 Å². The smallest absolute Gasteiger partial charge is 0.244 e. The van der Waals surface area contributed by atoms with E-state index in [1.807, 2.05) is 79.8 Å². The average Bonchev–Trinajstić information content (AvgIpc) is 3.50. The van der Waals surface area contributed by atoms with Gasteiger partial charge in [0, 0.05) is 49.2 Å². The largest absolute Gasteiger partial charge is 0.378 e. The topological polar surface area (TPSA) is 65.4 Å². The molecule has 3 heterocycles. The van der Waals surface area contributed by atoms with Crippen LogP contribution in [0, 0.1) is 0 Å². The number of rotatable bonds is 7. The van der Waals surface area contributed by atoms with E-state index in [0.717, 1.165) is 28.5 Å². The first-order valence-electron chi connectivity index (χ1n) is 11.8. The molecular weight excluding hydrogens is 468 g/mol. The van der Waals surface area contributed by atoms with Gasteiger partial charge < -0.3 is 25.0 Å². The zero-order chi connectivity index (χ0) is 25.1. The number of carbonyl (C=O) groups excluding carboxylic acids is 1. The Morgan fingerprint density at radius 2 is 1.75 bits per heavy atom. The summed E-state index contributed by atoms with van der Waals surface area (Å²) in [6.45, 7) is 0.111. The van der Waals surface area contributed by atoms with E-state index in [9.17, 15) is 4.79 Å². The van der Waals surface area contributed by atoms with Gasteiger partial charge in [-0.2, -0.15) is 0 Å². The van der Waals surface area contributed by atoms with Crippen molar-refractivity contribution in [3.63, 3.8) is 0 Å². The summed E-state index contributed by atoms with van der Waals surface area (Å²) in [7, 11) is 4.05. The first-order valence-corrected chi connectivity index (χ1v) is 12.2. The second-order valence-corrected chi connectivity index (χ2v) is 9.27. The van der Waals surface area contributed by atoms with Crippen LogP contribution in [-0.4, -0.2) is 46.1 Å². The third-order valence-electron chi connectivity index (χ3n) is 6.30. The van der Waals surface area contributed by atoms with Crippen molar-refractivity contribution in [3.05, 3.63) is 109 Å². The molecule has 2 N–H and O–H groups in total. The van der Waals surface area contributed by atoms with Crippen LogP contribution in [0.1, 0.15) is 23.5 Å². The maximum absolute atomic E-state index is 13.1. The Morgan fingerprint density at radius 1 is 1.00 bits per heavy atom. The molecule has 1 amide bonds. The van der Waals surface area contributed by atoms with Crippen LogP contribution in [0.4, 0.5) is 11.4 Å². The molecule has 0 aliphatic carbocycles. The van der Waals surface area contributed by atoms with E-state index in [0.29, 0.717) is 5.11 Å². The highest BCUT2D eigenvalue weighted by Crippen LogP contribution is 2.39. The number of hydrogen-bond donors (Lipinski definition) is 2. The van der Waals surface area contributed by atoms with Crippen LogP contribution in [0.3, 0.4) is 0 Å². The maximum atomic E-state index is 13.1. The quantitative estimate of drug-likeness (QED) is 0.366. The second-order valence-electron chi connectivity index (χ2n) is 8.88. The zero-order valence-electron chi connectivity index (χ0n) is 20.2. The van der Waals surface area contributed by atoms with Crippen molar-refractivity contribution in [2.45, 2.75) is 12.1 Å². The minimum atomic E-state index is -0.238. The predicted molar refractivity (Wildman–Crippen MR) is 147 cm³/mol. The molecule has 1 aliphatic heterocycles. The summed E-state index contributed by atoms with van der Waals surface area (Å²) in [6.07, 6.45) is 3.82. The van der Waals surface area contributed by atoms with Crippen molar-refractivity contribution >= 4 is 34.6 Å². The molecular formula is C28H28N6OS. The van der Waals surface area contributed by atoms with E-state index in [4.69, 9.17) is 12.2 Å². The number of benzene rings is 2. The zero-order valence-corrected chi connectivity index (χ0v) is 21.0. The van der Waals surface area contributed by atoms with Crippen LogP contribution < -0.4 is 15.5 Å². The molecule has 4 aromatic rings. The lowest BCUT2D eigenvalue weighted by molar-refractivity contribution is -0.116. The van der Waals surface area contributed by atoms with E-state index in [1.54, 1.807) is 6.20 Å². The molecule has 7 nitrogen and oxygen atoms in total. The van der Waals surface area contributed by atoms with Gasteiger partial charge in [0.15, 0.2) is 5.11 Å². The molecule has 0 saturated carbocycles. The van der Waals surface area contributed by atoms with E-state index in [1.165, 1.54) is 0 Å². The minimum Gasteiger partial charge on any atom is -0.378 e. The lowest BCUT2D eigenvalue weighted by Crippen LogP contribution is -2.37. The Hall–Kier alpha value is -4.17. The van der Waals surface area contributed by atoms with E-state index < -0.39 is 0 Å². The van der Waals surface area contributed by atoms with Crippen molar-refractivity contribution in [3.8, 4) is 5.69 Å². The number of aromatic nitrogens is 2. The third kappa shape index (κ3) is 4.81. The van der Waals surface area contributed by atoms with Gasteiger partial charge in [0.1, 0.15) is 6.54 Å². The number of nitrogens with zero attached hydrogens (tertiary/aromatic N) is 4. The van der Waals surface area contributed by atoms with Gasteiger partial charge in [-0.15, -0.1) is 0 Å². The fourth-order valence-electron chi connectivity index (χ4n) is 4.56. The molecule has 182 valence electrons. The summed E-state index contributed by atoms with van der Waals surface area (Å²) in [5.41, 5.74) is 4.80. The van der Waals surface area contributed by atoms with Crippen molar-refractivity contribution in [2.24, 2.45) is 0 Å². The molecule has 0 radical (unpaired) electrons. The molecule has 0 spiro atoms. The lowest BCUT2D eigenvalue weighted by Gasteiger charge is -2.28. The van der Waals surface area contributed by atoms with Gasteiger partial charge in [0.05, 0.1) is 17.8 Å². The summed E-state index contributed by atoms with van der Waals surface area (Å²) in [5, 5.41) is 6.93. The van der Waals surface area contributed by atoms with Gasteiger partial charge in [-0.3, -0.25) is 9.78 Å². The molecule has 8 heteroatoms. The first-order chi connectivity index (χ1) is 17.5. The van der Waals surface area contributed by atoms with E-state index in [-0.39, 0.29) is 24.5 Å². The number of nitrogens with one attached hydrogen (secondary N) is 2. The Bertz CT molecular complexity index is 1340. The number of carbonyl (C=O) groups is 1. The molecule has 5 rings (SSSR count). The van der Waals surface area contributed by atoms with Gasteiger partial charge in [-0.1, -0.05) is 24.3 Å². The lowest BCUT2D eigenvalue weighted by atomic mass is 10.0. The standard InChI is InChI=1S/C28H28N6OS/c1-32(2)21-13-15-22(16-14-21)33-18-8-12-24(33)27-26(23-11-6-7-17-29-23)31-28(36)34(27)19-25(35)30-20-9-4-3-5-10-20/h3-18,26-27H,19H2,1-2H3,(H,30,35)(H,31,36)/t26-,27+/m0/s1. The van der Waals surface area contributed by atoms with Crippen LogP contribution in [-0.2, 0) is 4.79 Å². The van der Waals surface area contributed by atoms with Gasteiger partial charge in [-0.25, -0.2) is 0 Å². The SMILES string of the molecule is CN(C)c1ccc(-n2cccc2[C@@H]2[C@H](c3ccccn3)NC(=S)N2CC(=O)Nc2ccccc2)cc1. The minimum absolute atomic E-state index is 0.111. The van der Waals surface area contributed by atoms with Crippen LogP contribution >= 0.6 is 12.2 Å². The first kappa shape index (κ1) is 23.6. The molecule has 0 bridgehead atoms. The van der Waals surface area contributed by atoms with Crippen LogP contribution in [0.15, 0.2) is 97.3 Å². The summed E-state index contributed by atoms with van der Waals surface area (Å²) >= 11 is 5.75. The molecule has 36 heavy (non-hydrogen) atoms. The number of thiocarbonyl (C=S) groups is 1. The Kier molecular flexibility index (Phi) is 6.69. The fourth-order valence-corrected chi connectivity index (χ4v) is 4.86. The van der Waals surface area contributed by atoms with Crippen LogP contribution in [0.5, 0.6) is 0 Å². The summed E-state index contributed by atoms with van der Waals surface area (Å²) in [4.78, 5) is 21.7. The Labute approximate surface area is 216 Å². The van der Waals surface area contributed by atoms with Crippen LogP contribution in [0.25, 0.3) is 5.69 Å². The molecule has 2 aromatic heterocycles. The van der Waals surface area contributed by atoms with Gasteiger partial charge >= 0.3 is 0 Å². The summed E-state index contributed by atoms with van der Waals surface area (Å²) in [6, 6.07) is 27.3. The Balaban J connectivity index is 1.50. The number of para-hydroxylation sites is 1. The van der Waals surface area contributed by atoms with Crippen molar-refractivity contribution in [1.29, 1.82) is 0 Å². The highest BCUT2D eigenvalue weighted by Gasteiger charge is 2.42. The number of anilines is 2. The molecule has 0 unspecified atom stereocenters. The number of hydrogen-bond acceptors (Lipinski definition) is 4. The summed E-state index contributed by atoms with van der Waals surface area (Å²) < 4.78 is 2.15. The van der Waals surface area contributed by atoms with Gasteiger partial charge in [-0.05, 0) is 72.9 Å². The van der Waals surface area contributed by atoms with Crippen molar-refractivity contribution in [1.82, 2.24) is 19.8 Å². The summed E-state index contributed by atoms with van der Waals surface area (Å²) in [5.74, 6) is -0.134. The van der Waals surface area contributed by atoms with Gasteiger partial charge in [0.2, 0.25) is 5.91 Å². The van der Waals surface area contributed by atoms with Crippen LogP contribution in [0.2, 0.25) is 0 Å². The number of amides is 1. The molecule has 1 fully saturated rings. The highest BCUT2D eigenvalue weighted by molar-refractivity contribution is 7.80. The van der Waals surface area contributed by atoms with Crippen molar-refractivity contribution < 1.29 is 4.79 Å². The molecule has 2 atom stereocenters. The molecule has 1 saturated heterocycles. The van der Waals surface area contributed by atoms with E-state index in [2.05, 4.69) is 55.4 Å². The molecule has 1 aliphatic rings. The second kappa shape index (κ2) is 10.2. The highest BCUT2D eigenvalue weighted by atomic mass is 32.1. The monoisotopic (exact) mass is 496 g/mol. The average molecular weight is 497 g/mol. The van der Waals surface area contributed by atoms with E-state index >= 15 is 0 Å². The number of pyridine rings is 1. The maximum Gasteiger partial charge on any atom is 0.244 e. The molecule has 2 aromatic carbocycles. The van der Waals surface area contributed by atoms with Gasteiger partial charge in [0.25, 0.3) is 0 Å². The fraction of sp³-hybridized carbons (Fsp3) is 0.179. The predicted octanol–water partition coefficient (Wildman–Crippen LogP) is 4.55. The Morgan fingerprint density at radius 3 is 2.44 bits per heavy atom. The third-order valence-corrected chi connectivity index (χ3v) is 6.65. The normalized spacial score (nSPS) is 17.1.